The summed E-state index contributed by atoms with van der Waals surface area (Å²) in [7, 11) is 0. The maximum absolute atomic E-state index is 12.5. The second-order valence-electron chi connectivity index (χ2n) is 5.74. The quantitative estimate of drug-likeness (QED) is 0.800. The molecule has 0 aliphatic heterocycles. The first kappa shape index (κ1) is 18.5. The maximum atomic E-state index is 12.5. The summed E-state index contributed by atoms with van der Waals surface area (Å²) in [6, 6.07) is 12.5. The number of carboxylic acid groups (broad SMARTS) is 1. The third-order valence-electron chi connectivity index (χ3n) is 4.01. The number of amides is 1. The van der Waals surface area contributed by atoms with Crippen molar-refractivity contribution in [2.75, 3.05) is 5.32 Å². The van der Waals surface area contributed by atoms with E-state index in [1.165, 1.54) is 6.92 Å². The van der Waals surface area contributed by atoms with E-state index in [-0.39, 0.29) is 5.91 Å². The average Bonchev–Trinajstić information content (AvgIpc) is 2.62. The second-order valence-corrected chi connectivity index (χ2v) is 5.74. The van der Waals surface area contributed by atoms with Crippen LogP contribution in [0.3, 0.4) is 0 Å². The third kappa shape index (κ3) is 4.59. The van der Waals surface area contributed by atoms with Crippen molar-refractivity contribution in [2.45, 2.75) is 39.7 Å². The highest BCUT2D eigenvalue weighted by Crippen LogP contribution is 2.24. The number of carboxylic acids is 1. The molecule has 0 aromatic heterocycles. The topological polar surface area (TPSA) is 75.6 Å². The van der Waals surface area contributed by atoms with Crippen LogP contribution in [0, 0.1) is 0 Å². The lowest BCUT2D eigenvalue weighted by Gasteiger charge is -2.15. The number of hydrogen-bond donors (Lipinski definition) is 2. The van der Waals surface area contributed by atoms with Gasteiger partial charge >= 0.3 is 5.97 Å². The molecule has 0 bridgehead atoms. The van der Waals surface area contributed by atoms with Crippen molar-refractivity contribution < 1.29 is 19.4 Å². The van der Waals surface area contributed by atoms with Crippen LogP contribution in [0.15, 0.2) is 42.5 Å². The molecular formula is C20H23NO4. The highest BCUT2D eigenvalue weighted by Gasteiger charge is 2.14. The molecular weight excluding hydrogens is 318 g/mol. The van der Waals surface area contributed by atoms with Crippen LogP contribution in [-0.2, 0) is 17.6 Å². The average molecular weight is 341 g/mol. The van der Waals surface area contributed by atoms with E-state index in [0.717, 1.165) is 29.7 Å². The van der Waals surface area contributed by atoms with Crippen molar-refractivity contribution in [2.24, 2.45) is 0 Å². The van der Waals surface area contributed by atoms with E-state index in [1.54, 1.807) is 24.3 Å². The van der Waals surface area contributed by atoms with Gasteiger partial charge < -0.3 is 15.2 Å². The molecule has 1 atom stereocenters. The largest absolute Gasteiger partial charge is 0.479 e. The van der Waals surface area contributed by atoms with E-state index < -0.39 is 12.1 Å². The fourth-order valence-electron chi connectivity index (χ4n) is 2.53. The molecule has 0 aliphatic rings. The lowest BCUT2D eigenvalue weighted by Crippen LogP contribution is -2.22. The minimum Gasteiger partial charge on any atom is -0.479 e. The van der Waals surface area contributed by atoms with E-state index in [1.807, 2.05) is 18.2 Å². The number of anilines is 1. The lowest BCUT2D eigenvalue weighted by atomic mass is 10.0. The highest BCUT2D eigenvalue weighted by molar-refractivity contribution is 6.05. The molecule has 0 aliphatic carbocycles. The van der Waals surface area contributed by atoms with Crippen molar-refractivity contribution in [3.63, 3.8) is 0 Å². The van der Waals surface area contributed by atoms with Gasteiger partial charge in [0, 0.05) is 11.3 Å². The summed E-state index contributed by atoms with van der Waals surface area (Å²) in [4.78, 5) is 23.4. The molecule has 0 saturated heterocycles. The van der Waals surface area contributed by atoms with Crippen molar-refractivity contribution in [1.82, 2.24) is 0 Å². The van der Waals surface area contributed by atoms with E-state index in [0.29, 0.717) is 11.3 Å². The Morgan fingerprint density at radius 3 is 2.08 bits per heavy atom. The van der Waals surface area contributed by atoms with Crippen LogP contribution in [0.4, 0.5) is 5.69 Å². The Bertz CT molecular complexity index is 731. The molecule has 1 amide bonds. The zero-order chi connectivity index (χ0) is 18.4. The summed E-state index contributed by atoms with van der Waals surface area (Å²) in [5.41, 5.74) is 3.56. The van der Waals surface area contributed by atoms with Gasteiger partial charge in [-0.2, -0.15) is 0 Å². The zero-order valence-electron chi connectivity index (χ0n) is 14.7. The molecule has 132 valence electrons. The van der Waals surface area contributed by atoms with Crippen molar-refractivity contribution >= 4 is 17.6 Å². The summed E-state index contributed by atoms with van der Waals surface area (Å²) in [5.74, 6) is -0.826. The number of hydrogen-bond acceptors (Lipinski definition) is 3. The Hall–Kier alpha value is -2.82. The van der Waals surface area contributed by atoms with Crippen LogP contribution in [0.1, 0.15) is 42.3 Å². The summed E-state index contributed by atoms with van der Waals surface area (Å²) in [6.07, 6.45) is 0.732. The van der Waals surface area contributed by atoms with Gasteiger partial charge in [-0.3, -0.25) is 4.79 Å². The van der Waals surface area contributed by atoms with Crippen LogP contribution in [0.25, 0.3) is 0 Å². The number of nitrogens with one attached hydrogen (secondary N) is 1. The van der Waals surface area contributed by atoms with Gasteiger partial charge in [-0.05, 0) is 55.2 Å². The second kappa shape index (κ2) is 8.33. The molecule has 2 N–H and O–H groups in total. The number of carbonyl (C=O) groups is 2. The van der Waals surface area contributed by atoms with Crippen LogP contribution in [0.5, 0.6) is 5.75 Å². The minimum absolute atomic E-state index is 0.201. The standard InChI is InChI=1S/C20H23NO4/c1-4-14-7-6-8-15(5-2)18(14)21-19(22)16-9-11-17(12-10-16)25-13(3)20(23)24/h6-13H,4-5H2,1-3H3,(H,21,22)(H,23,24)/t13-/m0/s1. The number of benzene rings is 2. The van der Waals surface area contributed by atoms with Crippen LogP contribution in [-0.4, -0.2) is 23.1 Å². The number of aliphatic carboxylic acids is 1. The first-order valence-corrected chi connectivity index (χ1v) is 8.37. The van der Waals surface area contributed by atoms with Gasteiger partial charge in [0.15, 0.2) is 6.10 Å². The van der Waals surface area contributed by atoms with E-state index >= 15 is 0 Å². The summed E-state index contributed by atoms with van der Waals surface area (Å²) in [6.45, 7) is 5.57. The molecule has 2 aromatic rings. The van der Waals surface area contributed by atoms with Gasteiger partial charge in [0.05, 0.1) is 0 Å². The fourth-order valence-corrected chi connectivity index (χ4v) is 2.53. The van der Waals surface area contributed by atoms with Crippen molar-refractivity contribution in [3.05, 3.63) is 59.2 Å². The first-order chi connectivity index (χ1) is 12.0. The minimum atomic E-state index is -1.04. The number of aryl methyl sites for hydroxylation is 2. The SMILES string of the molecule is CCc1cccc(CC)c1NC(=O)c1ccc(O[C@@H](C)C(=O)O)cc1. The lowest BCUT2D eigenvalue weighted by molar-refractivity contribution is -0.144. The van der Waals surface area contributed by atoms with Gasteiger partial charge in [0.1, 0.15) is 5.75 Å². The highest BCUT2D eigenvalue weighted by atomic mass is 16.5. The normalized spacial score (nSPS) is 11.6. The molecule has 2 rings (SSSR count). The van der Waals surface area contributed by atoms with Gasteiger partial charge in [-0.25, -0.2) is 4.79 Å². The van der Waals surface area contributed by atoms with Gasteiger partial charge in [0.2, 0.25) is 0 Å². The molecule has 25 heavy (non-hydrogen) atoms. The fraction of sp³-hybridized carbons (Fsp3) is 0.300. The molecule has 5 heteroatoms. The number of ether oxygens (including phenoxy) is 1. The summed E-state index contributed by atoms with van der Waals surface area (Å²) in [5, 5.41) is 11.9. The predicted molar refractivity (Wildman–Crippen MR) is 97.3 cm³/mol. The van der Waals surface area contributed by atoms with Crippen LogP contribution >= 0.6 is 0 Å². The monoisotopic (exact) mass is 341 g/mol. The van der Waals surface area contributed by atoms with E-state index in [4.69, 9.17) is 9.84 Å². The van der Waals surface area contributed by atoms with Crippen molar-refractivity contribution in [3.8, 4) is 5.75 Å². The first-order valence-electron chi connectivity index (χ1n) is 8.37. The number of para-hydroxylation sites is 1. The summed E-state index contributed by atoms with van der Waals surface area (Å²) >= 11 is 0. The van der Waals surface area contributed by atoms with Crippen molar-refractivity contribution in [1.29, 1.82) is 0 Å². The molecule has 2 aromatic carbocycles. The molecule has 0 fully saturated rings. The van der Waals surface area contributed by atoms with Crippen LogP contribution < -0.4 is 10.1 Å². The number of rotatable bonds is 7. The van der Waals surface area contributed by atoms with Crippen LogP contribution in [0.2, 0.25) is 0 Å². The predicted octanol–water partition coefficient (Wildman–Crippen LogP) is 3.92. The maximum Gasteiger partial charge on any atom is 0.344 e. The number of carbonyl (C=O) groups excluding carboxylic acids is 1. The smallest absolute Gasteiger partial charge is 0.344 e. The zero-order valence-corrected chi connectivity index (χ0v) is 14.7. The Morgan fingerprint density at radius 1 is 1.04 bits per heavy atom. The molecule has 0 unspecified atom stereocenters. The Balaban J connectivity index is 2.15. The third-order valence-corrected chi connectivity index (χ3v) is 4.01. The molecule has 5 nitrogen and oxygen atoms in total. The van der Waals surface area contributed by atoms with E-state index in [9.17, 15) is 9.59 Å². The molecule has 0 radical (unpaired) electrons. The molecule has 0 heterocycles. The molecule has 0 saturated carbocycles. The van der Waals surface area contributed by atoms with Gasteiger partial charge in [-0.15, -0.1) is 0 Å². The van der Waals surface area contributed by atoms with Gasteiger partial charge in [0.25, 0.3) is 5.91 Å². The van der Waals surface area contributed by atoms with E-state index in [2.05, 4.69) is 19.2 Å². The van der Waals surface area contributed by atoms with Gasteiger partial charge in [-0.1, -0.05) is 32.0 Å². The Labute approximate surface area is 147 Å². The molecule has 0 spiro atoms. The summed E-state index contributed by atoms with van der Waals surface area (Å²) < 4.78 is 5.27. The Kier molecular flexibility index (Phi) is 6.17. The Morgan fingerprint density at radius 2 is 1.60 bits per heavy atom.